The minimum atomic E-state index is -0.687. The topological polar surface area (TPSA) is 123 Å². The van der Waals surface area contributed by atoms with Crippen molar-refractivity contribution in [2.75, 3.05) is 44.6 Å². The molecule has 0 aromatic heterocycles. The van der Waals surface area contributed by atoms with Crippen LogP contribution in [-0.2, 0) is 4.79 Å². The number of β-amino-alcohol motifs (C(OH)–C–C–N with tert-alkyl or cyclic N) is 1. The van der Waals surface area contributed by atoms with Gasteiger partial charge in [0.15, 0.2) is 0 Å². The molecule has 1 saturated heterocycles. The molecule has 1 aromatic rings. The standard InChI is InChI=1S/C16H18ClN5O4/c17-14-2-1-13(22(25)26)9-15(14)19-16(24)12(10-18)11-21-5-3-20(4-6-21)7-8-23/h1-2,9,11,23H,3-8H2,(H,19,24)/b12-11-. The Bertz CT molecular complexity index is 753. The van der Waals surface area contributed by atoms with E-state index < -0.39 is 10.8 Å². The Hall–Kier alpha value is -2.67. The van der Waals surface area contributed by atoms with Crippen LogP contribution in [0.4, 0.5) is 11.4 Å². The van der Waals surface area contributed by atoms with Crippen molar-refractivity contribution in [2.45, 2.75) is 0 Å². The average Bonchev–Trinajstić information content (AvgIpc) is 2.62. The minimum absolute atomic E-state index is 0.0692. The Morgan fingerprint density at radius 1 is 1.42 bits per heavy atom. The van der Waals surface area contributed by atoms with Gasteiger partial charge in [-0.1, -0.05) is 11.6 Å². The quantitative estimate of drug-likeness (QED) is 0.329. The first kappa shape index (κ1) is 19.7. The molecular formula is C16H18ClN5O4. The van der Waals surface area contributed by atoms with Gasteiger partial charge in [0.25, 0.3) is 11.6 Å². The van der Waals surface area contributed by atoms with Gasteiger partial charge >= 0.3 is 0 Å². The number of aliphatic hydroxyl groups is 1. The zero-order valence-corrected chi connectivity index (χ0v) is 14.6. The van der Waals surface area contributed by atoms with Gasteiger partial charge in [0.2, 0.25) is 0 Å². The number of hydrogen-bond donors (Lipinski definition) is 2. The number of halogens is 1. The molecular weight excluding hydrogens is 362 g/mol. The van der Waals surface area contributed by atoms with E-state index >= 15 is 0 Å². The van der Waals surface area contributed by atoms with Crippen LogP contribution in [0.15, 0.2) is 30.0 Å². The number of nitro groups is 1. The van der Waals surface area contributed by atoms with E-state index in [0.29, 0.717) is 32.7 Å². The van der Waals surface area contributed by atoms with Gasteiger partial charge < -0.3 is 15.3 Å². The highest BCUT2D eigenvalue weighted by atomic mass is 35.5. The summed E-state index contributed by atoms with van der Waals surface area (Å²) in [6.07, 6.45) is 1.47. The number of nitrogens with zero attached hydrogens (tertiary/aromatic N) is 4. The highest BCUT2D eigenvalue weighted by Crippen LogP contribution is 2.27. The molecule has 0 bridgehead atoms. The van der Waals surface area contributed by atoms with Crippen molar-refractivity contribution in [3.8, 4) is 6.07 Å². The van der Waals surface area contributed by atoms with Crippen molar-refractivity contribution in [1.82, 2.24) is 9.80 Å². The van der Waals surface area contributed by atoms with Crippen molar-refractivity contribution >= 4 is 28.9 Å². The number of rotatable bonds is 6. The molecule has 0 spiro atoms. The summed E-state index contributed by atoms with van der Waals surface area (Å²) in [7, 11) is 0. The maximum atomic E-state index is 12.3. The second-order valence-electron chi connectivity index (χ2n) is 5.63. The maximum absolute atomic E-state index is 12.3. The Morgan fingerprint density at radius 3 is 2.69 bits per heavy atom. The molecule has 0 aliphatic carbocycles. The first-order chi connectivity index (χ1) is 12.4. The van der Waals surface area contributed by atoms with Crippen molar-refractivity contribution < 1.29 is 14.8 Å². The van der Waals surface area contributed by atoms with Crippen LogP contribution in [0.5, 0.6) is 0 Å². The summed E-state index contributed by atoms with van der Waals surface area (Å²) in [5.74, 6) is -0.687. The fourth-order valence-electron chi connectivity index (χ4n) is 2.49. The third-order valence-corrected chi connectivity index (χ3v) is 4.24. The molecule has 1 aliphatic rings. The highest BCUT2D eigenvalue weighted by Gasteiger charge is 2.18. The molecule has 2 rings (SSSR count). The second-order valence-corrected chi connectivity index (χ2v) is 6.04. The Labute approximate surface area is 155 Å². The van der Waals surface area contributed by atoms with E-state index in [2.05, 4.69) is 10.2 Å². The zero-order valence-electron chi connectivity index (χ0n) is 13.9. The number of nitriles is 1. The van der Waals surface area contributed by atoms with E-state index in [0.717, 1.165) is 6.07 Å². The van der Waals surface area contributed by atoms with E-state index in [9.17, 15) is 20.2 Å². The number of nitro benzene ring substituents is 1. The number of benzene rings is 1. The van der Waals surface area contributed by atoms with Gasteiger partial charge in [-0.05, 0) is 6.07 Å². The van der Waals surface area contributed by atoms with Crippen LogP contribution in [0, 0.1) is 21.4 Å². The molecule has 1 fully saturated rings. The van der Waals surface area contributed by atoms with Crippen LogP contribution in [0.25, 0.3) is 0 Å². The SMILES string of the molecule is N#C/C(=C/N1CCN(CCO)CC1)C(=O)Nc1cc([N+](=O)[O-])ccc1Cl. The van der Waals surface area contributed by atoms with Crippen LogP contribution in [0.1, 0.15) is 0 Å². The number of aliphatic hydroxyl groups excluding tert-OH is 1. The van der Waals surface area contributed by atoms with Gasteiger partial charge in [0.05, 0.1) is 22.2 Å². The number of amides is 1. The lowest BCUT2D eigenvalue weighted by Gasteiger charge is -2.33. The molecule has 10 heteroatoms. The van der Waals surface area contributed by atoms with E-state index in [4.69, 9.17) is 16.7 Å². The molecule has 26 heavy (non-hydrogen) atoms. The van der Waals surface area contributed by atoms with E-state index in [1.807, 2.05) is 11.0 Å². The normalized spacial score (nSPS) is 15.4. The predicted molar refractivity (Wildman–Crippen MR) is 95.5 cm³/mol. The molecule has 2 N–H and O–H groups in total. The van der Waals surface area contributed by atoms with Gasteiger partial charge in [0.1, 0.15) is 11.6 Å². The highest BCUT2D eigenvalue weighted by molar-refractivity contribution is 6.34. The third kappa shape index (κ3) is 5.16. The van der Waals surface area contributed by atoms with Crippen LogP contribution >= 0.6 is 11.6 Å². The summed E-state index contributed by atoms with van der Waals surface area (Å²) < 4.78 is 0. The predicted octanol–water partition coefficient (Wildman–Crippen LogP) is 1.20. The van der Waals surface area contributed by atoms with Crippen LogP contribution in [-0.4, -0.2) is 65.1 Å². The van der Waals surface area contributed by atoms with E-state index in [1.165, 1.54) is 18.3 Å². The summed E-state index contributed by atoms with van der Waals surface area (Å²) in [6.45, 7) is 3.36. The van der Waals surface area contributed by atoms with E-state index in [1.54, 1.807) is 0 Å². The minimum Gasteiger partial charge on any atom is -0.395 e. The molecule has 1 heterocycles. The Morgan fingerprint density at radius 2 is 2.12 bits per heavy atom. The molecule has 138 valence electrons. The number of anilines is 1. The van der Waals surface area contributed by atoms with E-state index in [-0.39, 0.29) is 28.6 Å². The molecule has 0 radical (unpaired) electrons. The third-order valence-electron chi connectivity index (χ3n) is 3.91. The number of piperazine rings is 1. The summed E-state index contributed by atoms with van der Waals surface area (Å²) in [4.78, 5) is 26.5. The number of nitrogens with one attached hydrogen (secondary N) is 1. The van der Waals surface area contributed by atoms with Crippen molar-refractivity contribution in [3.05, 3.63) is 45.1 Å². The lowest BCUT2D eigenvalue weighted by Crippen LogP contribution is -2.45. The lowest BCUT2D eigenvalue weighted by molar-refractivity contribution is -0.384. The lowest BCUT2D eigenvalue weighted by atomic mass is 10.2. The summed E-state index contributed by atoms with van der Waals surface area (Å²) >= 11 is 5.95. The van der Waals surface area contributed by atoms with Crippen molar-refractivity contribution in [2.24, 2.45) is 0 Å². The second kappa shape index (κ2) is 9.15. The fourth-order valence-corrected chi connectivity index (χ4v) is 2.66. The number of carbonyl (C=O) groups is 1. The molecule has 9 nitrogen and oxygen atoms in total. The van der Waals surface area contributed by atoms with Crippen molar-refractivity contribution in [3.63, 3.8) is 0 Å². The molecule has 1 aliphatic heterocycles. The largest absolute Gasteiger partial charge is 0.395 e. The molecule has 1 aromatic carbocycles. The first-order valence-corrected chi connectivity index (χ1v) is 8.27. The average molecular weight is 380 g/mol. The summed E-state index contributed by atoms with van der Waals surface area (Å²) in [5.41, 5.74) is -0.268. The first-order valence-electron chi connectivity index (χ1n) is 7.89. The monoisotopic (exact) mass is 379 g/mol. The van der Waals surface area contributed by atoms with Gasteiger partial charge in [-0.3, -0.25) is 19.8 Å². The van der Waals surface area contributed by atoms with Gasteiger partial charge in [0, 0.05) is 51.1 Å². The molecule has 1 amide bonds. The van der Waals surface area contributed by atoms with Gasteiger partial charge in [-0.25, -0.2) is 0 Å². The van der Waals surface area contributed by atoms with Crippen LogP contribution in [0.2, 0.25) is 5.02 Å². The summed E-state index contributed by atoms with van der Waals surface area (Å²) in [5, 5.41) is 31.6. The van der Waals surface area contributed by atoms with Crippen LogP contribution < -0.4 is 5.32 Å². The maximum Gasteiger partial charge on any atom is 0.271 e. The Kier molecular flexibility index (Phi) is 6.91. The molecule has 0 unspecified atom stereocenters. The van der Waals surface area contributed by atoms with Gasteiger partial charge in [-0.2, -0.15) is 5.26 Å². The zero-order chi connectivity index (χ0) is 19.1. The number of non-ortho nitro benzene ring substituents is 1. The smallest absolute Gasteiger partial charge is 0.271 e. The van der Waals surface area contributed by atoms with Gasteiger partial charge in [-0.15, -0.1) is 0 Å². The molecule has 0 saturated carbocycles. The van der Waals surface area contributed by atoms with Crippen molar-refractivity contribution in [1.29, 1.82) is 5.26 Å². The fraction of sp³-hybridized carbons (Fsp3) is 0.375. The van der Waals surface area contributed by atoms with Crippen LogP contribution in [0.3, 0.4) is 0 Å². The number of carbonyl (C=O) groups excluding carboxylic acids is 1. The summed E-state index contributed by atoms with van der Waals surface area (Å²) in [6, 6.07) is 5.52. The number of hydrogen-bond acceptors (Lipinski definition) is 7. The Balaban J connectivity index is 2.07. The molecule has 0 atom stereocenters.